The molecule has 0 amide bonds. The van der Waals surface area contributed by atoms with Gasteiger partial charge in [0.25, 0.3) is 0 Å². The molecule has 28 heavy (non-hydrogen) atoms. The third kappa shape index (κ3) is 5.43. The average molecular weight is 403 g/mol. The summed E-state index contributed by atoms with van der Waals surface area (Å²) in [6.45, 7) is 11.4. The van der Waals surface area contributed by atoms with Crippen molar-refractivity contribution in [3.63, 3.8) is 0 Å². The molecule has 2 aliphatic heterocycles. The zero-order valence-corrected chi connectivity index (χ0v) is 17.9. The number of morpholine rings is 1. The molecule has 0 spiro atoms. The molecule has 3 aliphatic rings. The largest absolute Gasteiger partial charge is 0.379 e. The maximum atomic E-state index is 5.48. The highest BCUT2D eigenvalue weighted by molar-refractivity contribution is 8.01. The van der Waals surface area contributed by atoms with Crippen LogP contribution in [-0.4, -0.2) is 79.5 Å². The molecule has 0 bridgehead atoms. The number of rotatable bonds is 7. The molecule has 1 unspecified atom stereocenters. The first kappa shape index (κ1) is 20.0. The molecule has 1 atom stereocenters. The van der Waals surface area contributed by atoms with Crippen LogP contribution in [0.5, 0.6) is 0 Å². The Morgan fingerprint density at radius 1 is 1.21 bits per heavy atom. The first-order chi connectivity index (χ1) is 13.8. The van der Waals surface area contributed by atoms with E-state index in [1.807, 2.05) is 11.8 Å². The predicted octanol–water partition coefficient (Wildman–Crippen LogP) is 2.93. The third-order valence-corrected chi connectivity index (χ3v) is 7.42. The molecule has 5 nitrogen and oxygen atoms in total. The normalized spacial score (nSPS) is 25.1. The van der Waals surface area contributed by atoms with Gasteiger partial charge in [-0.15, -0.1) is 11.8 Å². The molecule has 1 aromatic rings. The Bertz CT molecular complexity index is 643. The topological polar surface area (TPSA) is 40.1 Å². The lowest BCUT2D eigenvalue weighted by Crippen LogP contribution is -2.42. The first-order valence-electron chi connectivity index (χ1n) is 10.8. The van der Waals surface area contributed by atoms with Crippen LogP contribution in [0.15, 0.2) is 40.2 Å². The summed E-state index contributed by atoms with van der Waals surface area (Å²) < 4.78 is 5.80. The number of aliphatic imine (C=N–C) groups is 1. The second kappa shape index (κ2) is 9.51. The van der Waals surface area contributed by atoms with Crippen molar-refractivity contribution in [3.05, 3.63) is 30.3 Å². The van der Waals surface area contributed by atoms with Crippen molar-refractivity contribution < 1.29 is 4.74 Å². The van der Waals surface area contributed by atoms with E-state index in [1.54, 1.807) is 0 Å². The molecule has 1 saturated carbocycles. The van der Waals surface area contributed by atoms with Gasteiger partial charge in [0.1, 0.15) is 0 Å². The van der Waals surface area contributed by atoms with E-state index in [9.17, 15) is 0 Å². The summed E-state index contributed by atoms with van der Waals surface area (Å²) >= 11 is 2.01. The molecular weight excluding hydrogens is 368 g/mol. The number of likely N-dealkylation sites (tertiary alicyclic amines) is 1. The van der Waals surface area contributed by atoms with Crippen LogP contribution < -0.4 is 5.32 Å². The fourth-order valence-electron chi connectivity index (χ4n) is 4.14. The van der Waals surface area contributed by atoms with Crippen LogP contribution in [0.25, 0.3) is 0 Å². The average Bonchev–Trinajstić information content (AvgIpc) is 3.33. The molecule has 154 valence electrons. The lowest BCUT2D eigenvalue weighted by molar-refractivity contribution is 0.0315. The van der Waals surface area contributed by atoms with Crippen molar-refractivity contribution in [2.45, 2.75) is 35.8 Å². The highest BCUT2D eigenvalue weighted by atomic mass is 32.2. The van der Waals surface area contributed by atoms with Crippen molar-refractivity contribution in [2.24, 2.45) is 10.9 Å². The number of thioether (sulfide) groups is 1. The highest BCUT2D eigenvalue weighted by Crippen LogP contribution is 2.51. The fraction of sp³-hybridized carbons (Fsp3) is 0.682. The maximum absolute atomic E-state index is 5.48. The Hall–Kier alpha value is -1.24. The van der Waals surface area contributed by atoms with Crippen LogP contribution >= 0.6 is 11.8 Å². The van der Waals surface area contributed by atoms with Crippen LogP contribution in [0.4, 0.5) is 0 Å². The summed E-state index contributed by atoms with van der Waals surface area (Å²) in [5.41, 5.74) is 0. The van der Waals surface area contributed by atoms with Gasteiger partial charge < -0.3 is 15.0 Å². The van der Waals surface area contributed by atoms with Crippen LogP contribution in [0.2, 0.25) is 0 Å². The summed E-state index contributed by atoms with van der Waals surface area (Å²) in [5.74, 6) is 1.86. The number of benzene rings is 1. The van der Waals surface area contributed by atoms with E-state index in [2.05, 4.69) is 52.4 Å². The van der Waals surface area contributed by atoms with Crippen LogP contribution in [-0.2, 0) is 4.74 Å². The fourth-order valence-corrected chi connectivity index (χ4v) is 5.37. The van der Waals surface area contributed by atoms with Crippen molar-refractivity contribution in [2.75, 3.05) is 59.0 Å². The summed E-state index contributed by atoms with van der Waals surface area (Å²) in [7, 11) is 0. The van der Waals surface area contributed by atoms with Gasteiger partial charge in [-0.2, -0.15) is 0 Å². The number of nitrogens with one attached hydrogen (secondary N) is 1. The van der Waals surface area contributed by atoms with Gasteiger partial charge in [0, 0.05) is 48.9 Å². The van der Waals surface area contributed by atoms with E-state index in [-0.39, 0.29) is 0 Å². The molecule has 1 aromatic carbocycles. The molecule has 2 saturated heterocycles. The van der Waals surface area contributed by atoms with Crippen molar-refractivity contribution in [3.8, 4) is 0 Å². The summed E-state index contributed by atoms with van der Waals surface area (Å²) in [6.07, 6.45) is 3.82. The molecule has 2 heterocycles. The van der Waals surface area contributed by atoms with Crippen molar-refractivity contribution >= 4 is 17.7 Å². The molecule has 6 heteroatoms. The van der Waals surface area contributed by atoms with E-state index >= 15 is 0 Å². The Balaban J connectivity index is 1.32. The Labute approximate surface area is 173 Å². The number of ether oxygens (including phenoxy) is 1. The minimum Gasteiger partial charge on any atom is -0.379 e. The Kier molecular flexibility index (Phi) is 6.81. The molecule has 1 aliphatic carbocycles. The SMILES string of the molecule is CCNC(=NCC1(Sc2ccccc2)CC1)N1CCC(CN2CCOCC2)C1. The lowest BCUT2D eigenvalue weighted by atomic mass is 10.1. The zero-order chi connectivity index (χ0) is 19.2. The van der Waals surface area contributed by atoms with E-state index in [4.69, 9.17) is 9.73 Å². The third-order valence-electron chi connectivity index (χ3n) is 5.94. The van der Waals surface area contributed by atoms with E-state index < -0.39 is 0 Å². The van der Waals surface area contributed by atoms with E-state index in [1.165, 1.54) is 30.7 Å². The highest BCUT2D eigenvalue weighted by Gasteiger charge is 2.44. The van der Waals surface area contributed by atoms with Gasteiger partial charge in [-0.05, 0) is 44.2 Å². The van der Waals surface area contributed by atoms with Crippen LogP contribution in [0.3, 0.4) is 0 Å². The number of nitrogens with zero attached hydrogens (tertiary/aromatic N) is 3. The van der Waals surface area contributed by atoms with Crippen molar-refractivity contribution in [1.29, 1.82) is 0 Å². The molecule has 0 aromatic heterocycles. The van der Waals surface area contributed by atoms with Gasteiger partial charge in [0.15, 0.2) is 5.96 Å². The van der Waals surface area contributed by atoms with Crippen LogP contribution in [0, 0.1) is 5.92 Å². The molecule has 1 N–H and O–H groups in total. The maximum Gasteiger partial charge on any atom is 0.193 e. The molecular formula is C22H34N4OS. The minimum absolute atomic E-state index is 0.314. The Morgan fingerprint density at radius 3 is 2.71 bits per heavy atom. The number of hydrogen-bond donors (Lipinski definition) is 1. The lowest BCUT2D eigenvalue weighted by Gasteiger charge is -2.29. The van der Waals surface area contributed by atoms with Gasteiger partial charge in [-0.1, -0.05) is 18.2 Å². The van der Waals surface area contributed by atoms with Gasteiger partial charge in [0.05, 0.1) is 19.8 Å². The quantitative estimate of drug-likeness (QED) is 0.561. The second-order valence-corrected chi connectivity index (χ2v) is 9.82. The minimum atomic E-state index is 0.314. The van der Waals surface area contributed by atoms with E-state index in [0.717, 1.165) is 64.4 Å². The standard InChI is InChI=1S/C22H34N4OS/c1-2-23-21(24-18-22(9-10-22)28-20-6-4-3-5-7-20)26-11-8-19(17-26)16-25-12-14-27-15-13-25/h3-7,19H,2,8-18H2,1H3,(H,23,24). The monoisotopic (exact) mass is 402 g/mol. The van der Waals surface area contributed by atoms with Gasteiger partial charge in [-0.3, -0.25) is 9.89 Å². The Morgan fingerprint density at radius 2 is 2.00 bits per heavy atom. The van der Waals surface area contributed by atoms with E-state index in [0.29, 0.717) is 4.75 Å². The zero-order valence-electron chi connectivity index (χ0n) is 17.1. The number of guanidine groups is 1. The molecule has 4 rings (SSSR count). The van der Waals surface area contributed by atoms with Gasteiger partial charge >= 0.3 is 0 Å². The van der Waals surface area contributed by atoms with Crippen LogP contribution in [0.1, 0.15) is 26.2 Å². The molecule has 0 radical (unpaired) electrons. The summed E-state index contributed by atoms with van der Waals surface area (Å²) in [6, 6.07) is 10.8. The summed E-state index contributed by atoms with van der Waals surface area (Å²) in [4.78, 5) is 11.5. The number of hydrogen-bond acceptors (Lipinski definition) is 4. The van der Waals surface area contributed by atoms with Gasteiger partial charge in [-0.25, -0.2) is 0 Å². The van der Waals surface area contributed by atoms with Gasteiger partial charge in [0.2, 0.25) is 0 Å². The summed E-state index contributed by atoms with van der Waals surface area (Å²) in [5, 5.41) is 3.55. The second-order valence-electron chi connectivity index (χ2n) is 8.28. The molecule has 3 fully saturated rings. The smallest absolute Gasteiger partial charge is 0.193 e. The predicted molar refractivity (Wildman–Crippen MR) is 117 cm³/mol. The van der Waals surface area contributed by atoms with Crippen molar-refractivity contribution in [1.82, 2.24) is 15.1 Å². The first-order valence-corrected chi connectivity index (χ1v) is 11.7.